The van der Waals surface area contributed by atoms with Crippen LogP contribution in [0.15, 0.2) is 94.2 Å². The predicted octanol–water partition coefficient (Wildman–Crippen LogP) is 4.27. The third-order valence-electron chi connectivity index (χ3n) is 4.65. The van der Waals surface area contributed by atoms with Gasteiger partial charge in [0, 0.05) is 17.8 Å². The molecule has 4 nitrogen and oxygen atoms in total. The minimum atomic E-state index is -3.81. The monoisotopic (exact) mass is 376 g/mol. The van der Waals surface area contributed by atoms with Crippen LogP contribution < -0.4 is 4.90 Å². The number of benzene rings is 3. The van der Waals surface area contributed by atoms with Gasteiger partial charge in [0.25, 0.3) is 10.0 Å². The Bertz CT molecular complexity index is 1060. The summed E-state index contributed by atoms with van der Waals surface area (Å²) >= 11 is 0. The summed E-state index contributed by atoms with van der Waals surface area (Å²) in [5.74, 6) is 0.464. The molecule has 1 aliphatic rings. The van der Waals surface area contributed by atoms with E-state index in [1.807, 2.05) is 53.4 Å². The van der Waals surface area contributed by atoms with Gasteiger partial charge >= 0.3 is 0 Å². The molecule has 5 heteroatoms. The first-order valence-electron chi connectivity index (χ1n) is 8.96. The second-order valence-electron chi connectivity index (χ2n) is 6.45. The van der Waals surface area contributed by atoms with Gasteiger partial charge in [0.1, 0.15) is 0 Å². The number of aryl methyl sites for hydroxylation is 1. The zero-order valence-electron chi connectivity index (χ0n) is 14.8. The summed E-state index contributed by atoms with van der Waals surface area (Å²) in [6, 6.07) is 26.0. The highest BCUT2D eigenvalue weighted by Crippen LogP contribution is 2.29. The van der Waals surface area contributed by atoms with E-state index in [0.29, 0.717) is 5.84 Å². The van der Waals surface area contributed by atoms with Gasteiger partial charge in [0.05, 0.1) is 4.90 Å². The third-order valence-corrected chi connectivity index (χ3v) is 5.93. The number of rotatable bonds is 3. The average molecular weight is 376 g/mol. The van der Waals surface area contributed by atoms with Gasteiger partial charge in [0.15, 0.2) is 5.84 Å². The minimum absolute atomic E-state index is 0.198. The van der Waals surface area contributed by atoms with Crippen molar-refractivity contribution >= 4 is 21.5 Å². The SMILES string of the molecule is O=S(=O)(/N=C(\c1ccccc1)N1CCCc2ccccc21)c1ccccc1. The van der Waals surface area contributed by atoms with Gasteiger partial charge in [-0.25, -0.2) is 0 Å². The van der Waals surface area contributed by atoms with Gasteiger partial charge in [-0.2, -0.15) is 8.42 Å². The Morgan fingerprint density at radius 2 is 1.44 bits per heavy atom. The number of nitrogens with zero attached hydrogens (tertiary/aromatic N) is 2. The Labute approximate surface area is 159 Å². The molecule has 0 radical (unpaired) electrons. The van der Waals surface area contributed by atoms with Crippen molar-refractivity contribution in [2.24, 2.45) is 4.40 Å². The molecule has 0 bridgehead atoms. The van der Waals surface area contributed by atoms with Crippen molar-refractivity contribution in [1.82, 2.24) is 0 Å². The molecule has 0 saturated heterocycles. The summed E-state index contributed by atoms with van der Waals surface area (Å²) in [6.45, 7) is 0.731. The molecule has 4 rings (SSSR count). The third kappa shape index (κ3) is 3.64. The molecule has 0 unspecified atom stereocenters. The molecule has 1 aliphatic heterocycles. The van der Waals surface area contributed by atoms with E-state index in [9.17, 15) is 8.42 Å². The molecule has 0 aliphatic carbocycles. The number of fused-ring (bicyclic) bond motifs is 1. The van der Waals surface area contributed by atoms with Crippen molar-refractivity contribution in [3.8, 4) is 0 Å². The summed E-state index contributed by atoms with van der Waals surface area (Å²) in [7, 11) is -3.81. The maximum atomic E-state index is 13.0. The highest BCUT2D eigenvalue weighted by atomic mass is 32.2. The minimum Gasteiger partial charge on any atom is -0.325 e. The highest BCUT2D eigenvalue weighted by Gasteiger charge is 2.24. The molecule has 1 heterocycles. The van der Waals surface area contributed by atoms with Crippen LogP contribution in [-0.4, -0.2) is 20.8 Å². The standard InChI is InChI=1S/C22H20N2O2S/c25-27(26,20-14-5-2-6-15-20)23-22(19-11-3-1-4-12-19)24-17-9-13-18-10-7-8-16-21(18)24/h1-8,10-12,14-16H,9,13,17H2/b23-22+. The first kappa shape index (κ1) is 17.5. The van der Waals surface area contributed by atoms with E-state index < -0.39 is 10.0 Å². The first-order chi connectivity index (χ1) is 13.1. The summed E-state index contributed by atoms with van der Waals surface area (Å²) in [4.78, 5) is 2.22. The lowest BCUT2D eigenvalue weighted by Gasteiger charge is -2.32. The lowest BCUT2D eigenvalue weighted by atomic mass is 10.0. The molecule has 3 aromatic rings. The molecule has 3 aromatic carbocycles. The van der Waals surface area contributed by atoms with Gasteiger partial charge in [-0.1, -0.05) is 66.7 Å². The van der Waals surface area contributed by atoms with Gasteiger partial charge in [-0.05, 0) is 36.6 Å². The van der Waals surface area contributed by atoms with Gasteiger partial charge in [-0.15, -0.1) is 4.40 Å². The number of para-hydroxylation sites is 1. The largest absolute Gasteiger partial charge is 0.325 e. The van der Waals surface area contributed by atoms with E-state index in [1.165, 1.54) is 5.56 Å². The van der Waals surface area contributed by atoms with E-state index in [1.54, 1.807) is 30.3 Å². The van der Waals surface area contributed by atoms with E-state index in [4.69, 9.17) is 0 Å². The number of amidine groups is 1. The Hall–Kier alpha value is -2.92. The van der Waals surface area contributed by atoms with Crippen LogP contribution in [0.25, 0.3) is 0 Å². The summed E-state index contributed by atoms with van der Waals surface area (Å²) in [5.41, 5.74) is 3.02. The Balaban J connectivity index is 1.87. The van der Waals surface area contributed by atoms with Crippen molar-refractivity contribution in [3.05, 3.63) is 96.1 Å². The molecule has 0 aromatic heterocycles. The van der Waals surface area contributed by atoms with Crippen molar-refractivity contribution in [3.63, 3.8) is 0 Å². The van der Waals surface area contributed by atoms with Crippen LogP contribution in [0.2, 0.25) is 0 Å². The van der Waals surface area contributed by atoms with Crippen molar-refractivity contribution < 1.29 is 8.42 Å². The van der Waals surface area contributed by atoms with Crippen LogP contribution in [0, 0.1) is 0 Å². The molecule has 0 atom stereocenters. The highest BCUT2D eigenvalue weighted by molar-refractivity contribution is 7.90. The first-order valence-corrected chi connectivity index (χ1v) is 10.4. The Kier molecular flexibility index (Phi) is 4.77. The van der Waals surface area contributed by atoms with Crippen LogP contribution in [0.1, 0.15) is 17.5 Å². The average Bonchev–Trinajstić information content (AvgIpc) is 2.73. The molecule has 136 valence electrons. The van der Waals surface area contributed by atoms with Crippen molar-refractivity contribution in [2.45, 2.75) is 17.7 Å². The van der Waals surface area contributed by atoms with E-state index >= 15 is 0 Å². The predicted molar refractivity (Wildman–Crippen MR) is 109 cm³/mol. The van der Waals surface area contributed by atoms with Crippen LogP contribution in [0.3, 0.4) is 0 Å². The molecule has 27 heavy (non-hydrogen) atoms. The van der Waals surface area contributed by atoms with Gasteiger partial charge in [-0.3, -0.25) is 0 Å². The smallest absolute Gasteiger partial charge is 0.284 e. The van der Waals surface area contributed by atoms with E-state index in [0.717, 1.165) is 30.6 Å². The number of hydrogen-bond acceptors (Lipinski definition) is 2. The van der Waals surface area contributed by atoms with E-state index in [2.05, 4.69) is 10.5 Å². The fourth-order valence-corrected chi connectivity index (χ4v) is 4.40. The van der Waals surface area contributed by atoms with Crippen molar-refractivity contribution in [2.75, 3.05) is 11.4 Å². The van der Waals surface area contributed by atoms with Gasteiger partial charge < -0.3 is 4.90 Å². The summed E-state index contributed by atoms with van der Waals surface area (Å²) in [6.07, 6.45) is 1.94. The Morgan fingerprint density at radius 1 is 0.815 bits per heavy atom. The molecule has 0 N–H and O–H groups in total. The van der Waals surface area contributed by atoms with Crippen LogP contribution >= 0.6 is 0 Å². The quantitative estimate of drug-likeness (QED) is 0.506. The number of hydrogen-bond donors (Lipinski definition) is 0. The second kappa shape index (κ2) is 7.37. The molecule has 0 amide bonds. The normalized spacial score (nSPS) is 14.7. The fourth-order valence-electron chi connectivity index (χ4n) is 3.36. The van der Waals surface area contributed by atoms with Gasteiger partial charge in [0.2, 0.25) is 0 Å². The molecule has 0 saturated carbocycles. The summed E-state index contributed by atoms with van der Waals surface area (Å²) < 4.78 is 30.2. The van der Waals surface area contributed by atoms with Crippen LogP contribution in [0.5, 0.6) is 0 Å². The lowest BCUT2D eigenvalue weighted by Crippen LogP contribution is -2.36. The van der Waals surface area contributed by atoms with Crippen LogP contribution in [-0.2, 0) is 16.4 Å². The summed E-state index contributed by atoms with van der Waals surface area (Å²) in [5, 5.41) is 0. The molecular weight excluding hydrogens is 356 g/mol. The zero-order valence-corrected chi connectivity index (χ0v) is 15.6. The zero-order chi connectivity index (χ0) is 18.7. The lowest BCUT2D eigenvalue weighted by molar-refractivity contribution is 0.598. The topological polar surface area (TPSA) is 49.7 Å². The number of sulfonamides is 1. The molecule has 0 fully saturated rings. The van der Waals surface area contributed by atoms with Crippen molar-refractivity contribution in [1.29, 1.82) is 0 Å². The van der Waals surface area contributed by atoms with Crippen LogP contribution in [0.4, 0.5) is 5.69 Å². The molecular formula is C22H20N2O2S. The molecule has 0 spiro atoms. The maximum absolute atomic E-state index is 13.0. The van der Waals surface area contributed by atoms with E-state index in [-0.39, 0.29) is 4.90 Å². The maximum Gasteiger partial charge on any atom is 0.284 e. The number of anilines is 1. The Morgan fingerprint density at radius 3 is 2.19 bits per heavy atom. The fraction of sp³-hybridized carbons (Fsp3) is 0.136. The second-order valence-corrected chi connectivity index (χ2v) is 8.06.